The van der Waals surface area contributed by atoms with E-state index < -0.39 is 0 Å². The Morgan fingerprint density at radius 3 is 2.46 bits per heavy atom. The summed E-state index contributed by atoms with van der Waals surface area (Å²) in [5.74, 6) is 1.42. The lowest BCUT2D eigenvalue weighted by atomic mass is 9.47. The molecular formula is C21H27NO4. The molecule has 26 heavy (non-hydrogen) atoms. The molecule has 4 bridgehead atoms. The van der Waals surface area contributed by atoms with Gasteiger partial charge in [-0.2, -0.15) is 0 Å². The van der Waals surface area contributed by atoms with E-state index in [2.05, 4.69) is 5.32 Å². The van der Waals surface area contributed by atoms with Crippen LogP contribution >= 0.6 is 0 Å². The predicted molar refractivity (Wildman–Crippen MR) is 95.3 cm³/mol. The molecule has 5 fully saturated rings. The Morgan fingerprint density at radius 1 is 1.08 bits per heavy atom. The van der Waals surface area contributed by atoms with Gasteiger partial charge in [-0.15, -0.1) is 0 Å². The number of carbonyl (C=O) groups excluding carboxylic acids is 1. The van der Waals surface area contributed by atoms with Crippen molar-refractivity contribution in [3.8, 4) is 0 Å². The van der Waals surface area contributed by atoms with Crippen LogP contribution in [0.5, 0.6) is 0 Å². The van der Waals surface area contributed by atoms with Gasteiger partial charge in [-0.3, -0.25) is 0 Å². The second-order valence-corrected chi connectivity index (χ2v) is 8.68. The number of alkyl carbamates (subject to hydrolysis) is 1. The summed E-state index contributed by atoms with van der Waals surface area (Å²) in [4.78, 5) is 12.2. The molecule has 5 aliphatic rings. The molecule has 1 aliphatic heterocycles. The molecule has 0 aromatic heterocycles. The topological polar surface area (TPSA) is 56.8 Å². The highest BCUT2D eigenvalue weighted by Crippen LogP contribution is 2.65. The SMILES string of the molecule is O=C(NCC12CC3C[C@H](C1)C1(OCCO1)[C@@H](C3)C2)OCc1ccccc1. The number of ether oxygens (including phenoxy) is 3. The van der Waals surface area contributed by atoms with Crippen LogP contribution in [-0.4, -0.2) is 31.6 Å². The standard InChI is InChI=1S/C21H27NO4/c23-19(24-13-15-4-2-1-3-5-15)22-14-20-10-16-8-17(11-20)21(18(9-16)12-20)25-6-7-26-21/h1-5,16-18H,6-14H2,(H,22,23)/t16?,17-,18+,20?. The Hall–Kier alpha value is -1.59. The highest BCUT2D eigenvalue weighted by molar-refractivity contribution is 5.67. The number of nitrogens with one attached hydrogen (secondary N) is 1. The van der Waals surface area contributed by atoms with Crippen molar-refractivity contribution < 1.29 is 19.0 Å². The fourth-order valence-electron chi connectivity index (χ4n) is 6.25. The maximum atomic E-state index is 12.2. The van der Waals surface area contributed by atoms with Crippen LogP contribution < -0.4 is 5.32 Å². The van der Waals surface area contributed by atoms with Gasteiger partial charge in [0, 0.05) is 18.4 Å². The average Bonchev–Trinajstić information content (AvgIpc) is 3.14. The highest BCUT2D eigenvalue weighted by Gasteiger charge is 2.64. The normalized spacial score (nSPS) is 36.4. The Kier molecular flexibility index (Phi) is 3.98. The molecule has 1 amide bonds. The molecule has 1 aromatic carbocycles. The smallest absolute Gasteiger partial charge is 0.407 e. The van der Waals surface area contributed by atoms with Crippen LogP contribution in [0.4, 0.5) is 4.79 Å². The van der Waals surface area contributed by atoms with Crippen molar-refractivity contribution in [2.45, 2.75) is 44.5 Å². The minimum absolute atomic E-state index is 0.197. The molecule has 1 heterocycles. The third-order valence-electron chi connectivity index (χ3n) is 7.01. The van der Waals surface area contributed by atoms with Crippen molar-refractivity contribution in [2.75, 3.05) is 19.8 Å². The number of carbonyl (C=O) groups is 1. The number of amides is 1. The largest absolute Gasteiger partial charge is 0.445 e. The molecule has 4 aliphatic carbocycles. The summed E-state index contributed by atoms with van der Waals surface area (Å²) in [6.07, 6.45) is 5.54. The third kappa shape index (κ3) is 2.72. The van der Waals surface area contributed by atoms with Crippen LogP contribution in [0.1, 0.15) is 37.7 Å². The van der Waals surface area contributed by atoms with E-state index in [0.717, 1.165) is 37.5 Å². The fraction of sp³-hybridized carbons (Fsp3) is 0.667. The molecule has 6 rings (SSSR count). The van der Waals surface area contributed by atoms with Gasteiger partial charge in [-0.25, -0.2) is 4.79 Å². The molecule has 1 aromatic rings. The first-order valence-corrected chi connectivity index (χ1v) is 9.90. The second-order valence-electron chi connectivity index (χ2n) is 8.68. The fourth-order valence-corrected chi connectivity index (χ4v) is 6.25. The van der Waals surface area contributed by atoms with Crippen molar-refractivity contribution in [1.29, 1.82) is 0 Å². The van der Waals surface area contributed by atoms with E-state index >= 15 is 0 Å². The zero-order valence-corrected chi connectivity index (χ0v) is 15.1. The Bertz CT molecular complexity index is 652. The lowest BCUT2D eigenvalue weighted by Crippen LogP contribution is -2.63. The molecule has 4 saturated carbocycles. The summed E-state index contributed by atoms with van der Waals surface area (Å²) in [5.41, 5.74) is 1.21. The summed E-state index contributed by atoms with van der Waals surface area (Å²) in [7, 11) is 0. The molecular weight excluding hydrogens is 330 g/mol. The number of hydrogen-bond acceptors (Lipinski definition) is 4. The number of benzene rings is 1. The second kappa shape index (κ2) is 6.24. The third-order valence-corrected chi connectivity index (χ3v) is 7.01. The van der Waals surface area contributed by atoms with E-state index in [0.29, 0.717) is 25.0 Å². The van der Waals surface area contributed by atoms with Gasteiger partial charge in [-0.05, 0) is 49.0 Å². The molecule has 140 valence electrons. The van der Waals surface area contributed by atoms with Gasteiger partial charge in [0.25, 0.3) is 0 Å². The minimum Gasteiger partial charge on any atom is -0.445 e. The molecule has 5 nitrogen and oxygen atoms in total. The van der Waals surface area contributed by atoms with Gasteiger partial charge in [0.1, 0.15) is 6.61 Å². The minimum atomic E-state index is -0.312. The molecule has 1 saturated heterocycles. The summed E-state index contributed by atoms with van der Waals surface area (Å²) in [6.45, 7) is 2.49. The maximum absolute atomic E-state index is 12.2. The van der Waals surface area contributed by atoms with Crippen LogP contribution in [0.15, 0.2) is 30.3 Å². The summed E-state index contributed by atoms with van der Waals surface area (Å²) in [5, 5.41) is 3.05. The van der Waals surface area contributed by atoms with Crippen molar-refractivity contribution >= 4 is 6.09 Å². The van der Waals surface area contributed by atoms with Crippen LogP contribution in [0.25, 0.3) is 0 Å². The zero-order chi connectivity index (χ0) is 17.6. The van der Waals surface area contributed by atoms with Gasteiger partial charge in [0.05, 0.1) is 13.2 Å². The van der Waals surface area contributed by atoms with Crippen LogP contribution in [-0.2, 0) is 20.8 Å². The summed E-state index contributed by atoms with van der Waals surface area (Å²) < 4.78 is 17.7. The molecule has 4 atom stereocenters. The van der Waals surface area contributed by atoms with Gasteiger partial charge < -0.3 is 19.5 Å². The quantitative estimate of drug-likeness (QED) is 0.896. The van der Waals surface area contributed by atoms with E-state index in [-0.39, 0.29) is 17.3 Å². The maximum Gasteiger partial charge on any atom is 0.407 e. The first-order valence-electron chi connectivity index (χ1n) is 9.90. The van der Waals surface area contributed by atoms with Crippen LogP contribution in [0, 0.1) is 23.2 Å². The molecule has 1 N–H and O–H groups in total. The number of hydrogen-bond donors (Lipinski definition) is 1. The van der Waals surface area contributed by atoms with Crippen molar-refractivity contribution in [3.63, 3.8) is 0 Å². The highest BCUT2D eigenvalue weighted by atomic mass is 16.7. The van der Waals surface area contributed by atoms with Gasteiger partial charge in [0.2, 0.25) is 0 Å². The van der Waals surface area contributed by atoms with Gasteiger partial charge >= 0.3 is 6.09 Å². The zero-order valence-electron chi connectivity index (χ0n) is 15.1. The first-order chi connectivity index (χ1) is 12.7. The van der Waals surface area contributed by atoms with Crippen LogP contribution in [0.2, 0.25) is 0 Å². The van der Waals surface area contributed by atoms with E-state index in [1.807, 2.05) is 30.3 Å². The summed E-state index contributed by atoms with van der Waals surface area (Å²) >= 11 is 0. The lowest BCUT2D eigenvalue weighted by molar-refractivity contribution is -0.302. The molecule has 5 heteroatoms. The van der Waals surface area contributed by atoms with Crippen molar-refractivity contribution in [1.82, 2.24) is 5.32 Å². The van der Waals surface area contributed by atoms with E-state index in [1.165, 1.54) is 19.3 Å². The first kappa shape index (κ1) is 16.6. The van der Waals surface area contributed by atoms with Gasteiger partial charge in [-0.1, -0.05) is 30.3 Å². The Balaban J connectivity index is 1.19. The lowest BCUT2D eigenvalue weighted by Gasteiger charge is -2.63. The average molecular weight is 357 g/mol. The Morgan fingerprint density at radius 2 is 1.77 bits per heavy atom. The predicted octanol–water partition coefficient (Wildman–Crippen LogP) is 3.48. The van der Waals surface area contributed by atoms with Crippen molar-refractivity contribution in [3.05, 3.63) is 35.9 Å². The monoisotopic (exact) mass is 357 g/mol. The molecule has 0 radical (unpaired) electrons. The van der Waals surface area contributed by atoms with E-state index in [4.69, 9.17) is 14.2 Å². The van der Waals surface area contributed by atoms with E-state index in [9.17, 15) is 4.79 Å². The van der Waals surface area contributed by atoms with Crippen LogP contribution in [0.3, 0.4) is 0 Å². The molecule has 2 unspecified atom stereocenters. The molecule has 1 spiro atoms. The number of rotatable bonds is 4. The summed E-state index contributed by atoms with van der Waals surface area (Å²) in [6, 6.07) is 9.80. The Labute approximate surface area is 154 Å². The van der Waals surface area contributed by atoms with Gasteiger partial charge in [0.15, 0.2) is 5.79 Å². The van der Waals surface area contributed by atoms with E-state index in [1.54, 1.807) is 0 Å². The van der Waals surface area contributed by atoms with Crippen molar-refractivity contribution in [2.24, 2.45) is 23.2 Å².